The Bertz CT molecular complexity index is 389. The third-order valence-electron chi connectivity index (χ3n) is 1.72. The van der Waals surface area contributed by atoms with Crippen LogP contribution in [0, 0.1) is 0 Å². The summed E-state index contributed by atoms with van der Waals surface area (Å²) in [6, 6.07) is 0. The number of hydrogen-bond donors (Lipinski definition) is 4. The first-order valence-corrected chi connectivity index (χ1v) is 5.11. The topological polar surface area (TPSA) is 118 Å². The fourth-order valence-corrected chi connectivity index (χ4v) is 1.03. The quantitative estimate of drug-likeness (QED) is 0.506. The van der Waals surface area contributed by atoms with Crippen molar-refractivity contribution in [3.05, 3.63) is 12.4 Å². The maximum atomic E-state index is 5.44. The van der Waals surface area contributed by atoms with Crippen molar-refractivity contribution in [1.82, 2.24) is 15.0 Å². The highest BCUT2D eigenvalue weighted by atomic mass is 15.3. The van der Waals surface area contributed by atoms with Gasteiger partial charge in [0.25, 0.3) is 0 Å². The van der Waals surface area contributed by atoms with Crippen LogP contribution in [0.3, 0.4) is 0 Å². The minimum Gasteiger partial charge on any atom is -0.386 e. The molecular weight excluding hydrogens is 220 g/mol. The molecule has 0 aliphatic rings. The van der Waals surface area contributed by atoms with Crippen LogP contribution in [0.2, 0.25) is 0 Å². The Morgan fingerprint density at radius 3 is 2.47 bits per heavy atom. The molecule has 0 saturated heterocycles. The lowest BCUT2D eigenvalue weighted by Gasteiger charge is -2.13. The first kappa shape index (κ1) is 13.0. The molecule has 0 radical (unpaired) electrons. The maximum absolute atomic E-state index is 5.44. The lowest BCUT2D eigenvalue weighted by atomic mass is 10.6. The van der Waals surface area contributed by atoms with Gasteiger partial charge in [0, 0.05) is 27.2 Å². The smallest absolute Gasteiger partial charge is 0.234 e. The molecule has 1 heterocycles. The van der Waals surface area contributed by atoms with Crippen molar-refractivity contribution in [2.45, 2.75) is 0 Å². The zero-order chi connectivity index (χ0) is 12.8. The van der Waals surface area contributed by atoms with Gasteiger partial charge in [-0.3, -0.25) is 0 Å². The second-order valence-electron chi connectivity index (χ2n) is 3.54. The largest absolute Gasteiger partial charge is 0.386 e. The van der Waals surface area contributed by atoms with Crippen molar-refractivity contribution in [3.63, 3.8) is 0 Å². The molecule has 0 aliphatic heterocycles. The highest BCUT2D eigenvalue weighted by molar-refractivity contribution is 5.44. The van der Waals surface area contributed by atoms with Crippen molar-refractivity contribution < 1.29 is 0 Å². The van der Waals surface area contributed by atoms with Gasteiger partial charge in [0.1, 0.15) is 0 Å². The molecule has 0 bridgehead atoms. The van der Waals surface area contributed by atoms with E-state index in [1.165, 1.54) is 0 Å². The number of rotatable bonds is 6. The summed E-state index contributed by atoms with van der Waals surface area (Å²) in [5.74, 6) is 1.57. The van der Waals surface area contributed by atoms with Gasteiger partial charge in [0.05, 0.1) is 5.82 Å². The Balaban J connectivity index is 2.96. The predicted molar refractivity (Wildman–Crippen MR) is 68.6 cm³/mol. The molecular formula is C9H18N8. The number of hydrogen-bond acceptors (Lipinski definition) is 8. The normalized spacial score (nSPS) is 9.82. The third kappa shape index (κ3) is 4.11. The zero-order valence-corrected chi connectivity index (χ0v) is 10.1. The molecule has 0 amide bonds. The SMILES string of the molecule is C=C(N)Nc1nc(NCCN)nc(N(C)C)n1. The molecule has 0 aromatic carbocycles. The van der Waals surface area contributed by atoms with E-state index in [0.717, 1.165) is 0 Å². The van der Waals surface area contributed by atoms with Crippen LogP contribution in [0.4, 0.5) is 17.8 Å². The van der Waals surface area contributed by atoms with Crippen LogP contribution in [-0.2, 0) is 0 Å². The summed E-state index contributed by atoms with van der Waals surface area (Å²) in [7, 11) is 3.67. The van der Waals surface area contributed by atoms with Crippen LogP contribution >= 0.6 is 0 Å². The average molecular weight is 238 g/mol. The predicted octanol–water partition coefficient (Wildman–Crippen LogP) is -0.850. The minimum absolute atomic E-state index is 0.269. The summed E-state index contributed by atoms with van der Waals surface area (Å²) in [6.07, 6.45) is 0. The van der Waals surface area contributed by atoms with Gasteiger partial charge in [-0.2, -0.15) is 15.0 Å². The summed E-state index contributed by atoms with van der Waals surface area (Å²) in [4.78, 5) is 14.3. The van der Waals surface area contributed by atoms with E-state index in [0.29, 0.717) is 30.9 Å². The molecule has 0 spiro atoms. The molecule has 0 aliphatic carbocycles. The lowest BCUT2D eigenvalue weighted by Crippen LogP contribution is -2.20. The number of nitrogens with zero attached hydrogens (tertiary/aromatic N) is 4. The van der Waals surface area contributed by atoms with Crippen molar-refractivity contribution in [2.24, 2.45) is 11.5 Å². The van der Waals surface area contributed by atoms with E-state index in [2.05, 4.69) is 32.2 Å². The van der Waals surface area contributed by atoms with E-state index >= 15 is 0 Å². The van der Waals surface area contributed by atoms with Crippen LogP contribution in [0.1, 0.15) is 0 Å². The molecule has 17 heavy (non-hydrogen) atoms. The van der Waals surface area contributed by atoms with Crippen molar-refractivity contribution >= 4 is 17.8 Å². The van der Waals surface area contributed by atoms with E-state index in [1.807, 2.05) is 14.1 Å². The molecule has 0 atom stereocenters. The Kier molecular flexibility index (Phi) is 4.46. The van der Waals surface area contributed by atoms with E-state index in [-0.39, 0.29) is 5.82 Å². The van der Waals surface area contributed by atoms with E-state index in [4.69, 9.17) is 11.5 Å². The van der Waals surface area contributed by atoms with Crippen LogP contribution in [0.15, 0.2) is 12.4 Å². The van der Waals surface area contributed by atoms with Gasteiger partial charge < -0.3 is 27.0 Å². The summed E-state index contributed by atoms with van der Waals surface area (Å²) in [6.45, 7) is 4.61. The number of anilines is 3. The highest BCUT2D eigenvalue weighted by Gasteiger charge is 2.07. The van der Waals surface area contributed by atoms with Gasteiger partial charge in [-0.25, -0.2) is 0 Å². The number of nitrogens with two attached hydrogens (primary N) is 2. The van der Waals surface area contributed by atoms with Gasteiger partial charge in [-0.15, -0.1) is 0 Å². The third-order valence-corrected chi connectivity index (χ3v) is 1.72. The summed E-state index contributed by atoms with van der Waals surface area (Å²) in [5.41, 5.74) is 10.8. The lowest BCUT2D eigenvalue weighted by molar-refractivity contribution is 0.932. The number of aromatic nitrogens is 3. The second kappa shape index (κ2) is 5.85. The molecule has 8 nitrogen and oxygen atoms in total. The molecule has 1 aromatic rings. The van der Waals surface area contributed by atoms with Crippen molar-refractivity contribution in [2.75, 3.05) is 42.7 Å². The molecule has 0 saturated carbocycles. The molecule has 94 valence electrons. The van der Waals surface area contributed by atoms with Gasteiger partial charge in [-0.05, 0) is 0 Å². The Hall–Kier alpha value is -2.09. The number of nitrogens with one attached hydrogen (secondary N) is 2. The monoisotopic (exact) mass is 238 g/mol. The average Bonchev–Trinajstić information content (AvgIpc) is 2.25. The van der Waals surface area contributed by atoms with E-state index in [9.17, 15) is 0 Å². The minimum atomic E-state index is 0.269. The fraction of sp³-hybridized carbons (Fsp3) is 0.444. The van der Waals surface area contributed by atoms with Gasteiger partial charge in [-0.1, -0.05) is 6.58 Å². The Morgan fingerprint density at radius 1 is 1.29 bits per heavy atom. The molecule has 8 heteroatoms. The first-order valence-electron chi connectivity index (χ1n) is 5.11. The van der Waals surface area contributed by atoms with Crippen LogP contribution in [-0.4, -0.2) is 42.1 Å². The van der Waals surface area contributed by atoms with Crippen LogP contribution in [0.25, 0.3) is 0 Å². The summed E-state index contributed by atoms with van der Waals surface area (Å²) < 4.78 is 0. The second-order valence-corrected chi connectivity index (χ2v) is 3.54. The van der Waals surface area contributed by atoms with Crippen LogP contribution in [0.5, 0.6) is 0 Å². The van der Waals surface area contributed by atoms with E-state index in [1.54, 1.807) is 4.90 Å². The van der Waals surface area contributed by atoms with Gasteiger partial charge >= 0.3 is 0 Å². The highest BCUT2D eigenvalue weighted by Crippen LogP contribution is 2.11. The standard InChI is InChI=1S/C9H18N8/c1-6(11)13-8-14-7(12-5-4-10)15-9(16-8)17(2)3/h1,4-5,10-11H2,2-3H3,(H2,12,13,14,15,16). The van der Waals surface area contributed by atoms with E-state index < -0.39 is 0 Å². The zero-order valence-electron chi connectivity index (χ0n) is 10.1. The van der Waals surface area contributed by atoms with Crippen LogP contribution < -0.4 is 27.0 Å². The fourth-order valence-electron chi connectivity index (χ4n) is 1.03. The van der Waals surface area contributed by atoms with Gasteiger partial charge in [0.2, 0.25) is 17.8 Å². The van der Waals surface area contributed by atoms with Crippen molar-refractivity contribution in [3.8, 4) is 0 Å². The van der Waals surface area contributed by atoms with Crippen molar-refractivity contribution in [1.29, 1.82) is 0 Å². The molecule has 0 fully saturated rings. The molecule has 1 aromatic heterocycles. The Labute approximate surface area is 100 Å². The maximum Gasteiger partial charge on any atom is 0.234 e. The first-order chi connectivity index (χ1) is 8.02. The van der Waals surface area contributed by atoms with Gasteiger partial charge in [0.15, 0.2) is 0 Å². The Morgan fingerprint density at radius 2 is 1.94 bits per heavy atom. The molecule has 6 N–H and O–H groups in total. The molecule has 0 unspecified atom stereocenters. The molecule has 1 rings (SSSR count). The summed E-state index contributed by atoms with van der Waals surface area (Å²) in [5, 5.41) is 5.72. The summed E-state index contributed by atoms with van der Waals surface area (Å²) >= 11 is 0.